The molecule has 1 aromatic carbocycles. The lowest BCUT2D eigenvalue weighted by atomic mass is 10.1. The zero-order valence-electron chi connectivity index (χ0n) is 19.4. The van der Waals surface area contributed by atoms with Crippen LogP contribution in [0, 0.1) is 0 Å². The molecule has 3 heterocycles. The predicted molar refractivity (Wildman–Crippen MR) is 131 cm³/mol. The van der Waals surface area contributed by atoms with Crippen LogP contribution in [0.5, 0.6) is 0 Å². The van der Waals surface area contributed by atoms with Crippen LogP contribution in [0.15, 0.2) is 42.6 Å². The molecule has 1 aliphatic heterocycles. The molecular weight excluding hydrogens is 478 g/mol. The fourth-order valence-electron chi connectivity index (χ4n) is 3.88. The van der Waals surface area contributed by atoms with Gasteiger partial charge in [0.05, 0.1) is 11.1 Å². The molecule has 1 aliphatic rings. The Balaban J connectivity index is 1.51. The average Bonchev–Trinajstić information content (AvgIpc) is 3.18. The fourth-order valence-corrected chi connectivity index (χ4v) is 5.45. The van der Waals surface area contributed by atoms with Crippen molar-refractivity contribution < 1.29 is 17.9 Å². The van der Waals surface area contributed by atoms with Gasteiger partial charge in [0.2, 0.25) is 15.3 Å². The topological polar surface area (TPSA) is 106 Å². The second kappa shape index (κ2) is 9.42. The molecule has 1 amide bonds. The Labute approximate surface area is 204 Å². The minimum atomic E-state index is -3.71. The maximum absolute atomic E-state index is 13.1. The van der Waals surface area contributed by atoms with Crippen LogP contribution in [-0.2, 0) is 20.5 Å². The first-order chi connectivity index (χ1) is 16.0. The van der Waals surface area contributed by atoms with Crippen LogP contribution >= 0.6 is 11.6 Å². The van der Waals surface area contributed by atoms with Gasteiger partial charge in [-0.2, -0.15) is 4.98 Å². The van der Waals surface area contributed by atoms with Gasteiger partial charge in [-0.25, -0.2) is 22.2 Å². The lowest BCUT2D eigenvalue weighted by Crippen LogP contribution is -2.44. The second-order valence-corrected chi connectivity index (χ2v) is 11.5. The van der Waals surface area contributed by atoms with Crippen molar-refractivity contribution in [3.63, 3.8) is 0 Å². The lowest BCUT2D eigenvalue weighted by Gasteiger charge is -2.34. The van der Waals surface area contributed by atoms with Gasteiger partial charge in [-0.15, -0.1) is 0 Å². The molecule has 0 aliphatic carbocycles. The number of nitrogens with zero attached hydrogens (tertiary/aromatic N) is 4. The number of hydrogen-bond donors (Lipinski definition) is 1. The van der Waals surface area contributed by atoms with Gasteiger partial charge in [0.25, 0.3) is 0 Å². The molecule has 0 spiro atoms. The van der Waals surface area contributed by atoms with Crippen molar-refractivity contribution >= 4 is 44.6 Å². The van der Waals surface area contributed by atoms with E-state index < -0.39 is 15.6 Å². The van der Waals surface area contributed by atoms with Crippen molar-refractivity contribution in [3.8, 4) is 0 Å². The Bertz CT molecular complexity index is 1280. The summed E-state index contributed by atoms with van der Waals surface area (Å²) >= 11 is 6.17. The standard InChI is InChI=1S/C23H28ClN5O4S/c1-23(2,3)33-22(30)28-12-9-17(10-13-28)25-19-18-11-14-29(20(18)27-21(24)26-19)34(31,32)15-16-7-5-4-6-8-16/h4-8,11,14,17H,9-10,12-13,15H2,1-3H3,(H,25,26,27). The fraction of sp³-hybridized carbons (Fsp3) is 0.435. The lowest BCUT2D eigenvalue weighted by molar-refractivity contribution is 0.0210. The Morgan fingerprint density at radius 1 is 1.15 bits per heavy atom. The quantitative estimate of drug-likeness (QED) is 0.516. The molecule has 1 N–H and O–H groups in total. The number of benzene rings is 1. The highest BCUT2D eigenvalue weighted by atomic mass is 35.5. The van der Waals surface area contributed by atoms with Crippen LogP contribution in [-0.4, -0.2) is 58.1 Å². The zero-order chi connectivity index (χ0) is 24.5. The van der Waals surface area contributed by atoms with Gasteiger partial charge in [0.15, 0.2) is 5.65 Å². The third kappa shape index (κ3) is 5.61. The molecule has 4 rings (SSSR count). The number of fused-ring (bicyclic) bond motifs is 1. The number of nitrogens with one attached hydrogen (secondary N) is 1. The third-order valence-electron chi connectivity index (χ3n) is 5.46. The predicted octanol–water partition coefficient (Wildman–Crippen LogP) is 4.27. The van der Waals surface area contributed by atoms with E-state index in [1.165, 1.54) is 6.20 Å². The first-order valence-corrected chi connectivity index (χ1v) is 13.1. The van der Waals surface area contributed by atoms with Crippen molar-refractivity contribution in [2.24, 2.45) is 0 Å². The van der Waals surface area contributed by atoms with Gasteiger partial charge in [0.1, 0.15) is 11.4 Å². The smallest absolute Gasteiger partial charge is 0.410 e. The zero-order valence-corrected chi connectivity index (χ0v) is 20.9. The summed E-state index contributed by atoms with van der Waals surface area (Å²) in [6.07, 6.45) is 2.54. The minimum absolute atomic E-state index is 0.0390. The molecule has 34 heavy (non-hydrogen) atoms. The van der Waals surface area contributed by atoms with Crippen LogP contribution in [0.2, 0.25) is 5.28 Å². The van der Waals surface area contributed by atoms with E-state index in [2.05, 4.69) is 15.3 Å². The molecule has 0 radical (unpaired) electrons. The number of rotatable bonds is 5. The molecule has 11 heteroatoms. The average molecular weight is 506 g/mol. The summed E-state index contributed by atoms with van der Waals surface area (Å²) in [5, 5.41) is 3.88. The molecule has 182 valence electrons. The number of likely N-dealkylation sites (tertiary alicyclic amines) is 1. The molecular formula is C23H28ClN5O4S. The number of piperidine rings is 1. The first-order valence-electron chi connectivity index (χ1n) is 11.1. The Morgan fingerprint density at radius 3 is 2.47 bits per heavy atom. The van der Waals surface area contributed by atoms with E-state index in [9.17, 15) is 13.2 Å². The van der Waals surface area contributed by atoms with Crippen molar-refractivity contribution in [2.45, 2.75) is 51.0 Å². The van der Waals surface area contributed by atoms with Gasteiger partial charge in [0, 0.05) is 25.3 Å². The van der Waals surface area contributed by atoms with E-state index in [1.807, 2.05) is 26.8 Å². The van der Waals surface area contributed by atoms with E-state index in [4.69, 9.17) is 16.3 Å². The molecule has 1 saturated heterocycles. The van der Waals surface area contributed by atoms with Crippen LogP contribution in [0.1, 0.15) is 39.2 Å². The summed E-state index contributed by atoms with van der Waals surface area (Å²) < 4.78 is 32.8. The Hall–Kier alpha value is -2.85. The highest BCUT2D eigenvalue weighted by molar-refractivity contribution is 7.89. The van der Waals surface area contributed by atoms with Crippen molar-refractivity contribution in [1.29, 1.82) is 0 Å². The van der Waals surface area contributed by atoms with Crippen molar-refractivity contribution in [1.82, 2.24) is 18.8 Å². The second-order valence-electron chi connectivity index (χ2n) is 9.32. The van der Waals surface area contributed by atoms with E-state index in [1.54, 1.807) is 35.2 Å². The van der Waals surface area contributed by atoms with Crippen molar-refractivity contribution in [3.05, 3.63) is 53.4 Å². The van der Waals surface area contributed by atoms with Gasteiger partial charge >= 0.3 is 6.09 Å². The number of ether oxygens (including phenoxy) is 1. The minimum Gasteiger partial charge on any atom is -0.444 e. The maximum atomic E-state index is 13.1. The monoisotopic (exact) mass is 505 g/mol. The number of hydrogen-bond acceptors (Lipinski definition) is 7. The van der Waals surface area contributed by atoms with Crippen LogP contribution < -0.4 is 5.32 Å². The largest absolute Gasteiger partial charge is 0.444 e. The van der Waals surface area contributed by atoms with Gasteiger partial charge < -0.3 is 15.0 Å². The third-order valence-corrected chi connectivity index (χ3v) is 7.22. The maximum Gasteiger partial charge on any atom is 0.410 e. The number of aromatic nitrogens is 3. The first kappa shape index (κ1) is 24.3. The van der Waals surface area contributed by atoms with E-state index in [-0.39, 0.29) is 28.8 Å². The van der Waals surface area contributed by atoms with Crippen molar-refractivity contribution in [2.75, 3.05) is 18.4 Å². The molecule has 9 nitrogen and oxygen atoms in total. The summed E-state index contributed by atoms with van der Waals surface area (Å²) in [7, 11) is -3.71. The molecule has 0 bridgehead atoms. The number of amides is 1. The van der Waals surface area contributed by atoms with Gasteiger partial charge in [-0.3, -0.25) is 0 Å². The number of anilines is 1. The number of carbonyl (C=O) groups excluding carboxylic acids is 1. The summed E-state index contributed by atoms with van der Waals surface area (Å²) in [4.78, 5) is 22.5. The summed E-state index contributed by atoms with van der Waals surface area (Å²) in [6.45, 7) is 6.61. The van der Waals surface area contributed by atoms with E-state index in [0.717, 1.165) is 3.97 Å². The summed E-state index contributed by atoms with van der Waals surface area (Å²) in [6, 6.07) is 10.7. The molecule has 0 unspecified atom stereocenters. The molecule has 3 aromatic rings. The van der Waals surface area contributed by atoms with Gasteiger partial charge in [-0.1, -0.05) is 30.3 Å². The van der Waals surface area contributed by atoms with Crippen LogP contribution in [0.25, 0.3) is 11.0 Å². The van der Waals surface area contributed by atoms with E-state index >= 15 is 0 Å². The molecule has 2 aromatic heterocycles. The highest BCUT2D eigenvalue weighted by Gasteiger charge is 2.28. The van der Waals surface area contributed by atoms with Crippen LogP contribution in [0.3, 0.4) is 0 Å². The van der Waals surface area contributed by atoms with E-state index in [0.29, 0.717) is 42.7 Å². The Morgan fingerprint density at radius 2 is 1.82 bits per heavy atom. The normalized spacial score (nSPS) is 15.5. The number of carbonyl (C=O) groups is 1. The SMILES string of the molecule is CC(C)(C)OC(=O)N1CCC(Nc2nc(Cl)nc3c2ccn3S(=O)(=O)Cc2ccccc2)CC1. The van der Waals surface area contributed by atoms with Crippen LogP contribution in [0.4, 0.5) is 10.6 Å². The molecule has 1 fully saturated rings. The van der Waals surface area contributed by atoms with Gasteiger partial charge in [-0.05, 0) is 56.8 Å². The summed E-state index contributed by atoms with van der Waals surface area (Å²) in [5.41, 5.74) is 0.368. The Kier molecular flexibility index (Phi) is 6.73. The molecule has 0 atom stereocenters. The highest BCUT2D eigenvalue weighted by Crippen LogP contribution is 2.27. The molecule has 0 saturated carbocycles. The number of halogens is 1. The summed E-state index contributed by atoms with van der Waals surface area (Å²) in [5.74, 6) is 0.310.